The van der Waals surface area contributed by atoms with Crippen LogP contribution in [0.2, 0.25) is 0 Å². The van der Waals surface area contributed by atoms with Gasteiger partial charge in [-0.3, -0.25) is 19.6 Å². The van der Waals surface area contributed by atoms with E-state index < -0.39 is 0 Å². The molecule has 148 valence electrons. The van der Waals surface area contributed by atoms with Crippen molar-refractivity contribution in [2.75, 3.05) is 45.8 Å². The second-order valence-corrected chi connectivity index (χ2v) is 7.58. The lowest BCUT2D eigenvalue weighted by Crippen LogP contribution is -2.52. The van der Waals surface area contributed by atoms with Gasteiger partial charge in [-0.2, -0.15) is 5.10 Å². The number of aromatic nitrogens is 2. The minimum atomic E-state index is 0.0485. The van der Waals surface area contributed by atoms with Crippen LogP contribution in [0.3, 0.4) is 0 Å². The fraction of sp³-hybridized carbons (Fsp3) is 0.476. The van der Waals surface area contributed by atoms with Crippen LogP contribution in [0.5, 0.6) is 0 Å². The number of amides is 2. The van der Waals surface area contributed by atoms with Crippen molar-refractivity contribution in [3.63, 3.8) is 0 Å². The van der Waals surface area contributed by atoms with Crippen molar-refractivity contribution >= 4 is 11.8 Å². The van der Waals surface area contributed by atoms with Crippen LogP contribution in [0.25, 0.3) is 11.1 Å². The molecule has 28 heavy (non-hydrogen) atoms. The summed E-state index contributed by atoms with van der Waals surface area (Å²) < 4.78 is 0. The number of hydrogen-bond donors (Lipinski definition) is 1. The highest BCUT2D eigenvalue weighted by molar-refractivity contribution is 5.95. The van der Waals surface area contributed by atoms with Crippen LogP contribution in [-0.2, 0) is 4.79 Å². The second-order valence-electron chi connectivity index (χ2n) is 7.58. The Morgan fingerprint density at radius 2 is 1.71 bits per heavy atom. The number of carbonyl (C=O) groups is 2. The van der Waals surface area contributed by atoms with E-state index in [2.05, 4.69) is 15.1 Å². The summed E-state index contributed by atoms with van der Waals surface area (Å²) in [6.07, 6.45) is 7.04. The summed E-state index contributed by atoms with van der Waals surface area (Å²) in [6.45, 7) is 5.05. The number of nitrogens with one attached hydrogen (secondary N) is 1. The average molecular weight is 381 g/mol. The number of piperazine rings is 1. The molecule has 0 spiro atoms. The molecule has 2 saturated heterocycles. The Hall–Kier alpha value is -2.67. The molecule has 2 aromatic rings. The molecule has 0 radical (unpaired) electrons. The molecular weight excluding hydrogens is 354 g/mol. The Morgan fingerprint density at radius 1 is 0.929 bits per heavy atom. The Morgan fingerprint density at radius 3 is 2.43 bits per heavy atom. The number of carbonyl (C=O) groups excluding carboxylic acids is 2. The highest BCUT2D eigenvalue weighted by atomic mass is 16.2. The van der Waals surface area contributed by atoms with Gasteiger partial charge in [0.05, 0.1) is 12.7 Å². The van der Waals surface area contributed by atoms with Gasteiger partial charge >= 0.3 is 0 Å². The van der Waals surface area contributed by atoms with Gasteiger partial charge in [-0.05, 0) is 37.0 Å². The number of rotatable bonds is 4. The summed E-state index contributed by atoms with van der Waals surface area (Å²) in [7, 11) is 0. The Balaban J connectivity index is 1.32. The summed E-state index contributed by atoms with van der Waals surface area (Å²) in [5.74, 6) is 0.277. The van der Waals surface area contributed by atoms with Crippen LogP contribution in [0.15, 0.2) is 36.7 Å². The molecule has 1 N–H and O–H groups in total. The highest BCUT2D eigenvalue weighted by Crippen LogP contribution is 2.20. The summed E-state index contributed by atoms with van der Waals surface area (Å²) in [4.78, 5) is 31.4. The van der Waals surface area contributed by atoms with Gasteiger partial charge in [0, 0.05) is 56.6 Å². The van der Waals surface area contributed by atoms with Crippen molar-refractivity contribution in [1.82, 2.24) is 24.9 Å². The number of likely N-dealkylation sites (tertiary alicyclic amines) is 1. The molecule has 4 rings (SSSR count). The van der Waals surface area contributed by atoms with Crippen LogP contribution < -0.4 is 0 Å². The monoisotopic (exact) mass is 381 g/mol. The third-order valence-electron chi connectivity index (χ3n) is 5.67. The fourth-order valence-corrected chi connectivity index (χ4v) is 3.97. The predicted octanol–water partition coefficient (Wildman–Crippen LogP) is 1.85. The highest BCUT2D eigenvalue weighted by Gasteiger charge is 2.25. The number of aromatic amines is 1. The van der Waals surface area contributed by atoms with E-state index in [1.807, 2.05) is 40.3 Å². The molecular formula is C21H27N5O2. The van der Waals surface area contributed by atoms with Crippen molar-refractivity contribution in [1.29, 1.82) is 0 Å². The summed E-state index contributed by atoms with van der Waals surface area (Å²) >= 11 is 0. The van der Waals surface area contributed by atoms with Gasteiger partial charge in [0.2, 0.25) is 5.91 Å². The topological polar surface area (TPSA) is 72.5 Å². The Labute approximate surface area is 165 Å². The van der Waals surface area contributed by atoms with Gasteiger partial charge < -0.3 is 9.80 Å². The maximum Gasteiger partial charge on any atom is 0.253 e. The molecule has 0 saturated carbocycles. The minimum absolute atomic E-state index is 0.0485. The molecule has 1 aromatic carbocycles. The molecule has 1 aromatic heterocycles. The largest absolute Gasteiger partial charge is 0.342 e. The van der Waals surface area contributed by atoms with E-state index in [0.29, 0.717) is 25.2 Å². The standard InChI is InChI=1S/C21H27N5O2/c27-20(25-7-2-1-3-8-25)16-24-9-11-26(12-10-24)21(28)18-6-4-5-17(13-18)19-14-22-23-15-19/h4-6,13-15H,1-3,7-12,16H2,(H,22,23). The SMILES string of the molecule is O=C(CN1CCN(C(=O)c2cccc(-c3cn[nH]c3)c2)CC1)N1CCCCC1. The summed E-state index contributed by atoms with van der Waals surface area (Å²) in [5, 5.41) is 6.77. The van der Waals surface area contributed by atoms with Crippen LogP contribution in [0, 0.1) is 0 Å². The molecule has 2 amide bonds. The minimum Gasteiger partial charge on any atom is -0.342 e. The van der Waals surface area contributed by atoms with Crippen LogP contribution in [0.1, 0.15) is 29.6 Å². The first-order valence-corrected chi connectivity index (χ1v) is 10.1. The summed E-state index contributed by atoms with van der Waals surface area (Å²) in [5.41, 5.74) is 2.64. The smallest absolute Gasteiger partial charge is 0.253 e. The average Bonchev–Trinajstić information content (AvgIpc) is 3.29. The lowest BCUT2D eigenvalue weighted by Gasteiger charge is -2.36. The first-order chi connectivity index (χ1) is 13.7. The maximum atomic E-state index is 12.9. The number of benzene rings is 1. The lowest BCUT2D eigenvalue weighted by atomic mass is 10.1. The zero-order valence-corrected chi connectivity index (χ0v) is 16.1. The van der Waals surface area contributed by atoms with Crippen molar-refractivity contribution in [2.24, 2.45) is 0 Å². The van der Waals surface area contributed by atoms with E-state index in [1.165, 1.54) is 6.42 Å². The van der Waals surface area contributed by atoms with E-state index in [-0.39, 0.29) is 11.8 Å². The molecule has 7 heteroatoms. The second kappa shape index (κ2) is 8.56. The first kappa shape index (κ1) is 18.7. The van der Waals surface area contributed by atoms with E-state index >= 15 is 0 Å². The first-order valence-electron chi connectivity index (χ1n) is 10.1. The van der Waals surface area contributed by atoms with Crippen molar-refractivity contribution in [3.8, 4) is 11.1 Å². The molecule has 0 bridgehead atoms. The quantitative estimate of drug-likeness (QED) is 0.877. The van der Waals surface area contributed by atoms with Crippen LogP contribution >= 0.6 is 0 Å². The number of nitrogens with zero attached hydrogens (tertiary/aromatic N) is 4. The third-order valence-corrected chi connectivity index (χ3v) is 5.67. The van der Waals surface area contributed by atoms with Crippen LogP contribution in [0.4, 0.5) is 0 Å². The van der Waals surface area contributed by atoms with E-state index in [9.17, 15) is 9.59 Å². The fourth-order valence-electron chi connectivity index (χ4n) is 3.97. The Bertz CT molecular complexity index is 806. The van der Waals surface area contributed by atoms with Gasteiger partial charge in [-0.1, -0.05) is 12.1 Å². The Kier molecular flexibility index (Phi) is 5.71. The van der Waals surface area contributed by atoms with E-state index in [4.69, 9.17) is 0 Å². The number of H-pyrrole nitrogens is 1. The predicted molar refractivity (Wildman–Crippen MR) is 107 cm³/mol. The molecule has 0 aliphatic carbocycles. The van der Waals surface area contributed by atoms with Crippen molar-refractivity contribution in [3.05, 3.63) is 42.2 Å². The summed E-state index contributed by atoms with van der Waals surface area (Å²) in [6, 6.07) is 7.66. The molecule has 2 aliphatic heterocycles. The number of hydrogen-bond acceptors (Lipinski definition) is 4. The molecule has 3 heterocycles. The molecule has 2 fully saturated rings. The number of piperidine rings is 1. The van der Waals surface area contributed by atoms with Gasteiger partial charge in [0.25, 0.3) is 5.91 Å². The zero-order valence-electron chi connectivity index (χ0n) is 16.1. The van der Waals surface area contributed by atoms with Crippen LogP contribution in [-0.4, -0.2) is 82.5 Å². The normalized spacial score (nSPS) is 18.3. The van der Waals surface area contributed by atoms with Gasteiger partial charge in [-0.15, -0.1) is 0 Å². The van der Waals surface area contributed by atoms with Crippen molar-refractivity contribution in [2.45, 2.75) is 19.3 Å². The maximum absolute atomic E-state index is 12.9. The van der Waals surface area contributed by atoms with E-state index in [1.54, 1.807) is 6.20 Å². The third kappa shape index (κ3) is 4.25. The van der Waals surface area contributed by atoms with Gasteiger partial charge in [-0.25, -0.2) is 0 Å². The zero-order chi connectivity index (χ0) is 19.3. The molecule has 0 unspecified atom stereocenters. The van der Waals surface area contributed by atoms with Gasteiger partial charge in [0.15, 0.2) is 0 Å². The van der Waals surface area contributed by atoms with Crippen molar-refractivity contribution < 1.29 is 9.59 Å². The molecule has 0 atom stereocenters. The van der Waals surface area contributed by atoms with E-state index in [0.717, 1.165) is 50.1 Å². The lowest BCUT2D eigenvalue weighted by molar-refractivity contribution is -0.133. The van der Waals surface area contributed by atoms with Gasteiger partial charge in [0.1, 0.15) is 0 Å². The molecule has 2 aliphatic rings. The molecule has 7 nitrogen and oxygen atoms in total.